The number of hydrogen-bond acceptors (Lipinski definition) is 3. The van der Waals surface area contributed by atoms with Crippen molar-refractivity contribution in [3.05, 3.63) is 28.8 Å². The molecule has 0 fully saturated rings. The van der Waals surface area contributed by atoms with Crippen LogP contribution in [0.1, 0.15) is 5.56 Å². The molecule has 0 aromatic heterocycles. The number of hydrogen-bond donors (Lipinski definition) is 2. The number of nitrogens with one attached hydrogen (secondary N) is 1. The second kappa shape index (κ2) is 6.09. The minimum atomic E-state index is -0.397. The molecule has 1 atom stereocenters. The Balaban J connectivity index is 2.51. The van der Waals surface area contributed by atoms with E-state index in [1.807, 2.05) is 44.1 Å². The molecule has 1 rings (SSSR count). The van der Waals surface area contributed by atoms with E-state index >= 15 is 0 Å². The number of aliphatic hydroxyl groups is 1. The molecule has 0 aliphatic carbocycles. The van der Waals surface area contributed by atoms with E-state index in [2.05, 4.69) is 5.32 Å². The second-order valence-corrected chi connectivity index (χ2v) is 4.69. The van der Waals surface area contributed by atoms with Crippen molar-refractivity contribution in [3.63, 3.8) is 0 Å². The maximum absolute atomic E-state index is 9.69. The van der Waals surface area contributed by atoms with Crippen LogP contribution in [0.3, 0.4) is 0 Å². The van der Waals surface area contributed by atoms with Crippen molar-refractivity contribution in [2.45, 2.75) is 13.0 Å². The number of aliphatic hydroxyl groups excluding tert-OH is 1. The van der Waals surface area contributed by atoms with Gasteiger partial charge >= 0.3 is 0 Å². The van der Waals surface area contributed by atoms with Gasteiger partial charge in [-0.05, 0) is 38.7 Å². The van der Waals surface area contributed by atoms with Crippen LogP contribution in [0.2, 0.25) is 5.02 Å². The van der Waals surface area contributed by atoms with Crippen LogP contribution >= 0.6 is 11.6 Å². The zero-order chi connectivity index (χ0) is 12.1. The Morgan fingerprint density at radius 1 is 1.44 bits per heavy atom. The molecule has 0 radical (unpaired) electrons. The molecular formula is C12H19ClN2O. The van der Waals surface area contributed by atoms with E-state index in [-0.39, 0.29) is 0 Å². The summed E-state index contributed by atoms with van der Waals surface area (Å²) in [5, 5.41) is 13.5. The molecule has 2 N–H and O–H groups in total. The lowest BCUT2D eigenvalue weighted by Gasteiger charge is -2.17. The molecule has 3 nitrogen and oxygen atoms in total. The Hall–Kier alpha value is -0.770. The van der Waals surface area contributed by atoms with Gasteiger partial charge in [-0.1, -0.05) is 17.7 Å². The lowest BCUT2D eigenvalue weighted by Crippen LogP contribution is -2.31. The van der Waals surface area contributed by atoms with Crippen LogP contribution in [0.15, 0.2) is 18.2 Å². The average molecular weight is 243 g/mol. The summed E-state index contributed by atoms with van der Waals surface area (Å²) in [4.78, 5) is 1.95. The van der Waals surface area contributed by atoms with Crippen molar-refractivity contribution in [3.8, 4) is 0 Å². The maximum Gasteiger partial charge on any atom is 0.0838 e. The van der Waals surface area contributed by atoms with Gasteiger partial charge in [0.25, 0.3) is 0 Å². The van der Waals surface area contributed by atoms with E-state index in [0.29, 0.717) is 18.1 Å². The molecule has 1 unspecified atom stereocenters. The number of likely N-dealkylation sites (N-methyl/N-ethyl adjacent to an activating group) is 1. The topological polar surface area (TPSA) is 35.5 Å². The van der Waals surface area contributed by atoms with Gasteiger partial charge in [0.1, 0.15) is 0 Å². The van der Waals surface area contributed by atoms with E-state index in [9.17, 15) is 5.11 Å². The number of aryl methyl sites for hydroxylation is 1. The van der Waals surface area contributed by atoms with Crippen molar-refractivity contribution in [2.75, 3.05) is 32.5 Å². The molecule has 0 saturated heterocycles. The fourth-order valence-electron chi connectivity index (χ4n) is 1.49. The van der Waals surface area contributed by atoms with Crippen LogP contribution < -0.4 is 5.32 Å². The fourth-order valence-corrected chi connectivity index (χ4v) is 1.67. The van der Waals surface area contributed by atoms with Crippen LogP contribution in [0.4, 0.5) is 5.69 Å². The Bertz CT molecular complexity index is 342. The zero-order valence-corrected chi connectivity index (χ0v) is 10.8. The number of halogens is 1. The van der Waals surface area contributed by atoms with Crippen molar-refractivity contribution >= 4 is 17.3 Å². The third-order valence-corrected chi connectivity index (χ3v) is 2.56. The summed E-state index contributed by atoms with van der Waals surface area (Å²) in [6, 6.07) is 5.80. The van der Waals surface area contributed by atoms with Crippen LogP contribution in [-0.4, -0.2) is 43.3 Å². The summed E-state index contributed by atoms with van der Waals surface area (Å²) in [6.07, 6.45) is -0.397. The number of nitrogens with zero attached hydrogens (tertiary/aromatic N) is 1. The molecule has 0 aliphatic heterocycles. The first kappa shape index (κ1) is 13.3. The third-order valence-electron chi connectivity index (χ3n) is 2.23. The van der Waals surface area contributed by atoms with Crippen LogP contribution in [0.25, 0.3) is 0 Å². The van der Waals surface area contributed by atoms with E-state index in [4.69, 9.17) is 11.6 Å². The number of anilines is 1. The molecule has 90 valence electrons. The largest absolute Gasteiger partial charge is 0.390 e. The van der Waals surface area contributed by atoms with Crippen molar-refractivity contribution in [1.29, 1.82) is 0 Å². The summed E-state index contributed by atoms with van der Waals surface area (Å²) >= 11 is 6.03. The summed E-state index contributed by atoms with van der Waals surface area (Å²) in [7, 11) is 3.87. The molecule has 1 aromatic rings. The normalized spacial score (nSPS) is 12.9. The summed E-state index contributed by atoms with van der Waals surface area (Å²) in [6.45, 7) is 3.15. The number of rotatable bonds is 5. The van der Waals surface area contributed by atoms with Crippen molar-refractivity contribution < 1.29 is 5.11 Å². The molecule has 0 amide bonds. The van der Waals surface area contributed by atoms with Crippen LogP contribution in [0.5, 0.6) is 0 Å². The lowest BCUT2D eigenvalue weighted by atomic mass is 10.2. The van der Waals surface area contributed by atoms with Gasteiger partial charge in [0, 0.05) is 13.1 Å². The van der Waals surface area contributed by atoms with Crippen molar-refractivity contribution in [1.82, 2.24) is 4.90 Å². The first-order valence-electron chi connectivity index (χ1n) is 5.32. The zero-order valence-electron chi connectivity index (χ0n) is 10.00. The predicted octanol–water partition coefficient (Wildman–Crippen LogP) is 1.98. The molecule has 0 spiro atoms. The van der Waals surface area contributed by atoms with Gasteiger partial charge in [0.15, 0.2) is 0 Å². The molecule has 0 heterocycles. The highest BCUT2D eigenvalue weighted by Gasteiger charge is 2.06. The van der Waals surface area contributed by atoms with Gasteiger partial charge in [-0.2, -0.15) is 0 Å². The second-order valence-electron chi connectivity index (χ2n) is 4.28. The Morgan fingerprint density at radius 2 is 2.12 bits per heavy atom. The first-order chi connectivity index (χ1) is 7.49. The Labute approximate surface area is 102 Å². The minimum absolute atomic E-state index is 0.397. The van der Waals surface area contributed by atoms with Gasteiger partial charge in [-0.15, -0.1) is 0 Å². The highest BCUT2D eigenvalue weighted by Crippen LogP contribution is 2.22. The standard InChI is InChI=1S/C12H19ClN2O/c1-9-4-5-11(13)12(6-9)14-7-10(16)8-15(2)3/h4-6,10,14,16H,7-8H2,1-3H3. The first-order valence-corrected chi connectivity index (χ1v) is 5.69. The van der Waals surface area contributed by atoms with Crippen LogP contribution in [0, 0.1) is 6.92 Å². The smallest absolute Gasteiger partial charge is 0.0838 e. The molecule has 0 aliphatic rings. The summed E-state index contributed by atoms with van der Waals surface area (Å²) in [5.74, 6) is 0. The lowest BCUT2D eigenvalue weighted by molar-refractivity contribution is 0.148. The van der Waals surface area contributed by atoms with E-state index < -0.39 is 6.10 Å². The fraction of sp³-hybridized carbons (Fsp3) is 0.500. The third kappa shape index (κ3) is 4.39. The SMILES string of the molecule is Cc1ccc(Cl)c(NCC(O)CN(C)C)c1. The van der Waals surface area contributed by atoms with Gasteiger partial charge in [0.2, 0.25) is 0 Å². The predicted molar refractivity (Wildman–Crippen MR) is 69.2 cm³/mol. The Morgan fingerprint density at radius 3 is 2.75 bits per heavy atom. The minimum Gasteiger partial charge on any atom is -0.390 e. The monoisotopic (exact) mass is 242 g/mol. The molecule has 0 bridgehead atoms. The molecule has 4 heteroatoms. The number of benzene rings is 1. The molecule has 0 saturated carbocycles. The van der Waals surface area contributed by atoms with Crippen molar-refractivity contribution in [2.24, 2.45) is 0 Å². The van der Waals surface area contributed by atoms with Gasteiger partial charge in [-0.3, -0.25) is 0 Å². The Kier molecular flexibility index (Phi) is 5.06. The summed E-state index contributed by atoms with van der Waals surface area (Å²) < 4.78 is 0. The van der Waals surface area contributed by atoms with E-state index in [0.717, 1.165) is 11.3 Å². The van der Waals surface area contributed by atoms with Gasteiger partial charge < -0.3 is 15.3 Å². The molecule has 16 heavy (non-hydrogen) atoms. The molecular weight excluding hydrogens is 224 g/mol. The highest BCUT2D eigenvalue weighted by molar-refractivity contribution is 6.33. The van der Waals surface area contributed by atoms with Crippen LogP contribution in [-0.2, 0) is 0 Å². The van der Waals surface area contributed by atoms with E-state index in [1.54, 1.807) is 0 Å². The summed E-state index contributed by atoms with van der Waals surface area (Å²) in [5.41, 5.74) is 2.02. The quantitative estimate of drug-likeness (QED) is 0.829. The average Bonchev–Trinajstić information content (AvgIpc) is 2.18. The highest BCUT2D eigenvalue weighted by atomic mass is 35.5. The van der Waals surface area contributed by atoms with E-state index in [1.165, 1.54) is 0 Å². The maximum atomic E-state index is 9.69. The molecule has 1 aromatic carbocycles. The van der Waals surface area contributed by atoms with Gasteiger partial charge in [0.05, 0.1) is 16.8 Å². The van der Waals surface area contributed by atoms with Gasteiger partial charge in [-0.25, -0.2) is 0 Å².